The van der Waals surface area contributed by atoms with Crippen LogP contribution in [0.1, 0.15) is 35.2 Å². The van der Waals surface area contributed by atoms with Gasteiger partial charge >= 0.3 is 0 Å². The number of rotatable bonds is 5. The quantitative estimate of drug-likeness (QED) is 0.879. The van der Waals surface area contributed by atoms with Gasteiger partial charge in [-0.3, -0.25) is 14.7 Å². The average Bonchev–Trinajstić information content (AvgIpc) is 3.14. The van der Waals surface area contributed by atoms with E-state index in [4.69, 9.17) is 0 Å². The number of amides is 2. The molecule has 0 saturated carbocycles. The Morgan fingerprint density at radius 1 is 1.21 bits per heavy atom. The zero-order valence-electron chi connectivity index (χ0n) is 13.6. The highest BCUT2D eigenvalue weighted by atomic mass is 16.2. The topological polar surface area (TPSA) is 78.1 Å². The van der Waals surface area contributed by atoms with Gasteiger partial charge in [-0.2, -0.15) is 5.10 Å². The molecule has 2 N–H and O–H groups in total. The highest BCUT2D eigenvalue weighted by Gasteiger charge is 2.23. The molecule has 1 aromatic heterocycles. The first kappa shape index (κ1) is 16.2. The smallest absolute Gasteiger partial charge is 0.251 e. The number of benzene rings is 1. The van der Waals surface area contributed by atoms with Gasteiger partial charge in [0.1, 0.15) is 0 Å². The molecule has 24 heavy (non-hydrogen) atoms. The summed E-state index contributed by atoms with van der Waals surface area (Å²) < 4.78 is 0. The molecule has 3 rings (SSSR count). The Bertz CT molecular complexity index is 662. The van der Waals surface area contributed by atoms with Crippen LogP contribution in [0.15, 0.2) is 42.7 Å². The molecule has 6 nitrogen and oxygen atoms in total. The minimum Gasteiger partial charge on any atom is -0.349 e. The Hall–Kier alpha value is -2.63. The zero-order valence-corrected chi connectivity index (χ0v) is 13.6. The molecular formula is C18H22N4O2. The molecule has 0 bridgehead atoms. The van der Waals surface area contributed by atoms with Crippen molar-refractivity contribution in [1.82, 2.24) is 20.4 Å². The number of carbonyl (C=O) groups is 2. The highest BCUT2D eigenvalue weighted by molar-refractivity contribution is 5.94. The minimum atomic E-state index is -0.0414. The fourth-order valence-corrected chi connectivity index (χ4v) is 2.96. The summed E-state index contributed by atoms with van der Waals surface area (Å²) in [6, 6.07) is 9.36. The van der Waals surface area contributed by atoms with Crippen LogP contribution in [0.2, 0.25) is 0 Å². The minimum absolute atomic E-state index is 0.0414. The number of piperidine rings is 1. The van der Waals surface area contributed by atoms with Crippen LogP contribution >= 0.6 is 0 Å². The van der Waals surface area contributed by atoms with E-state index in [1.165, 1.54) is 0 Å². The van der Waals surface area contributed by atoms with Crippen molar-refractivity contribution in [2.45, 2.75) is 31.7 Å². The molecule has 2 aromatic rings. The molecule has 0 atom stereocenters. The molecular weight excluding hydrogens is 304 g/mol. The van der Waals surface area contributed by atoms with Crippen molar-refractivity contribution >= 4 is 11.8 Å². The first-order chi connectivity index (χ1) is 11.7. The number of aromatic amines is 1. The first-order valence-electron chi connectivity index (χ1n) is 8.34. The fraction of sp³-hybridized carbons (Fsp3) is 0.389. The van der Waals surface area contributed by atoms with E-state index >= 15 is 0 Å². The highest BCUT2D eigenvalue weighted by Crippen LogP contribution is 2.13. The van der Waals surface area contributed by atoms with E-state index in [1.807, 2.05) is 41.4 Å². The largest absolute Gasteiger partial charge is 0.349 e. The van der Waals surface area contributed by atoms with Crippen molar-refractivity contribution in [3.63, 3.8) is 0 Å². The van der Waals surface area contributed by atoms with Gasteiger partial charge in [-0.15, -0.1) is 0 Å². The number of carbonyl (C=O) groups excluding carboxylic acids is 2. The number of aromatic nitrogens is 2. The number of aryl methyl sites for hydroxylation is 1. The Morgan fingerprint density at radius 3 is 2.62 bits per heavy atom. The van der Waals surface area contributed by atoms with Crippen LogP contribution in [0.5, 0.6) is 0 Å². The fourth-order valence-electron chi connectivity index (χ4n) is 2.96. The summed E-state index contributed by atoms with van der Waals surface area (Å²) in [5.41, 5.74) is 1.73. The Morgan fingerprint density at radius 2 is 1.96 bits per heavy atom. The van der Waals surface area contributed by atoms with Crippen LogP contribution in [0, 0.1) is 0 Å². The lowest BCUT2D eigenvalue weighted by Gasteiger charge is -2.32. The van der Waals surface area contributed by atoms with Crippen LogP contribution in [-0.4, -0.2) is 46.0 Å². The number of H-pyrrole nitrogens is 1. The van der Waals surface area contributed by atoms with E-state index in [-0.39, 0.29) is 17.9 Å². The SMILES string of the molecule is O=C(NC1CCN(C(=O)CCc2cn[nH]c2)CC1)c1ccccc1. The van der Waals surface area contributed by atoms with Gasteiger partial charge in [-0.1, -0.05) is 18.2 Å². The summed E-state index contributed by atoms with van der Waals surface area (Å²) in [5.74, 6) is 0.129. The lowest BCUT2D eigenvalue weighted by atomic mass is 10.0. The average molecular weight is 326 g/mol. The molecule has 0 radical (unpaired) electrons. The molecule has 126 valence electrons. The van der Waals surface area contributed by atoms with Crippen molar-refractivity contribution in [2.75, 3.05) is 13.1 Å². The Balaban J connectivity index is 1.42. The maximum atomic E-state index is 12.3. The molecule has 2 heterocycles. The van der Waals surface area contributed by atoms with Crippen LogP contribution in [0.25, 0.3) is 0 Å². The number of hydrogen-bond acceptors (Lipinski definition) is 3. The zero-order chi connectivity index (χ0) is 16.8. The summed E-state index contributed by atoms with van der Waals surface area (Å²) in [6.07, 6.45) is 6.38. The van der Waals surface area contributed by atoms with Crippen LogP contribution in [-0.2, 0) is 11.2 Å². The Labute approximate surface area is 141 Å². The normalized spacial score (nSPS) is 15.2. The van der Waals surface area contributed by atoms with E-state index in [1.54, 1.807) is 6.20 Å². The number of hydrogen-bond donors (Lipinski definition) is 2. The first-order valence-corrected chi connectivity index (χ1v) is 8.34. The molecule has 0 spiro atoms. The van der Waals surface area contributed by atoms with Gasteiger partial charge in [-0.05, 0) is 37.0 Å². The molecule has 0 unspecified atom stereocenters. The predicted molar refractivity (Wildman–Crippen MR) is 90.4 cm³/mol. The molecule has 0 aliphatic carbocycles. The maximum Gasteiger partial charge on any atom is 0.251 e. The van der Waals surface area contributed by atoms with Gasteiger partial charge < -0.3 is 10.2 Å². The third kappa shape index (κ3) is 4.22. The standard InChI is InChI=1S/C18H22N4O2/c23-17(7-6-14-12-19-20-13-14)22-10-8-16(9-11-22)21-18(24)15-4-2-1-3-5-15/h1-5,12-13,16H,6-11H2,(H,19,20)(H,21,24). The number of nitrogens with one attached hydrogen (secondary N) is 2. The van der Waals surface area contributed by atoms with Crippen LogP contribution in [0.4, 0.5) is 0 Å². The summed E-state index contributed by atoms with van der Waals surface area (Å²) in [4.78, 5) is 26.3. The van der Waals surface area contributed by atoms with E-state index in [0.717, 1.165) is 18.4 Å². The number of nitrogens with zero attached hydrogens (tertiary/aromatic N) is 2. The van der Waals surface area contributed by atoms with Gasteiger partial charge in [-0.25, -0.2) is 0 Å². The monoisotopic (exact) mass is 326 g/mol. The summed E-state index contributed by atoms with van der Waals surface area (Å²) in [7, 11) is 0. The van der Waals surface area contributed by atoms with Gasteiger partial charge in [0.25, 0.3) is 5.91 Å². The van der Waals surface area contributed by atoms with Crippen molar-refractivity contribution in [3.05, 3.63) is 53.9 Å². The van der Waals surface area contributed by atoms with Gasteiger partial charge in [0.15, 0.2) is 0 Å². The molecule has 6 heteroatoms. The summed E-state index contributed by atoms with van der Waals surface area (Å²) in [6.45, 7) is 1.40. The summed E-state index contributed by atoms with van der Waals surface area (Å²) >= 11 is 0. The van der Waals surface area contributed by atoms with Crippen molar-refractivity contribution < 1.29 is 9.59 Å². The third-order valence-electron chi connectivity index (χ3n) is 4.40. The van der Waals surface area contributed by atoms with E-state index in [0.29, 0.717) is 31.5 Å². The van der Waals surface area contributed by atoms with Gasteiger partial charge in [0.2, 0.25) is 5.91 Å². The second-order valence-electron chi connectivity index (χ2n) is 6.10. The lowest BCUT2D eigenvalue weighted by molar-refractivity contribution is -0.132. The van der Waals surface area contributed by atoms with Crippen LogP contribution < -0.4 is 5.32 Å². The number of likely N-dealkylation sites (tertiary alicyclic amines) is 1. The van der Waals surface area contributed by atoms with Crippen molar-refractivity contribution in [2.24, 2.45) is 0 Å². The second-order valence-corrected chi connectivity index (χ2v) is 6.10. The molecule has 1 aromatic carbocycles. The Kier molecular flexibility index (Phi) is 5.25. The van der Waals surface area contributed by atoms with Crippen LogP contribution in [0.3, 0.4) is 0 Å². The molecule has 2 amide bonds. The van der Waals surface area contributed by atoms with E-state index in [9.17, 15) is 9.59 Å². The molecule has 1 saturated heterocycles. The van der Waals surface area contributed by atoms with Gasteiger partial charge in [0, 0.05) is 37.3 Å². The molecule has 1 aliphatic rings. The molecule has 1 fully saturated rings. The second kappa shape index (κ2) is 7.77. The third-order valence-corrected chi connectivity index (χ3v) is 4.40. The van der Waals surface area contributed by atoms with Crippen molar-refractivity contribution in [3.8, 4) is 0 Å². The van der Waals surface area contributed by atoms with E-state index in [2.05, 4.69) is 15.5 Å². The lowest BCUT2D eigenvalue weighted by Crippen LogP contribution is -2.46. The van der Waals surface area contributed by atoms with Crippen molar-refractivity contribution in [1.29, 1.82) is 0 Å². The predicted octanol–water partition coefficient (Wildman–Crippen LogP) is 1.76. The molecule has 1 aliphatic heterocycles. The van der Waals surface area contributed by atoms with Gasteiger partial charge in [0.05, 0.1) is 6.20 Å². The maximum absolute atomic E-state index is 12.3. The summed E-state index contributed by atoms with van der Waals surface area (Å²) in [5, 5.41) is 9.70. The van der Waals surface area contributed by atoms with E-state index < -0.39 is 0 Å².